The summed E-state index contributed by atoms with van der Waals surface area (Å²) in [6, 6.07) is 15.5. The number of carbonyl (C=O) groups is 3. The lowest BCUT2D eigenvalue weighted by Crippen LogP contribution is -2.28. The van der Waals surface area contributed by atoms with Crippen molar-refractivity contribution in [2.24, 2.45) is 0 Å². The molecule has 3 amide bonds. The van der Waals surface area contributed by atoms with Crippen molar-refractivity contribution in [2.45, 2.75) is 19.6 Å². The zero-order valence-electron chi connectivity index (χ0n) is 19.5. The molecule has 0 radical (unpaired) electrons. The third-order valence-electron chi connectivity index (χ3n) is 5.34. The van der Waals surface area contributed by atoms with Gasteiger partial charge >= 0.3 is 0 Å². The highest BCUT2D eigenvalue weighted by atomic mass is 16.2. The van der Waals surface area contributed by atoms with Crippen LogP contribution in [0.2, 0.25) is 0 Å². The molecule has 5 N–H and O–H groups in total. The van der Waals surface area contributed by atoms with Crippen LogP contribution in [0.5, 0.6) is 0 Å². The van der Waals surface area contributed by atoms with E-state index in [1.165, 1.54) is 18.2 Å². The Morgan fingerprint density at radius 3 is 1.47 bits per heavy atom. The lowest BCUT2D eigenvalue weighted by atomic mass is 10.0. The van der Waals surface area contributed by atoms with Gasteiger partial charge in [0.25, 0.3) is 17.7 Å². The summed E-state index contributed by atoms with van der Waals surface area (Å²) in [5.74, 6) is -1.20. The van der Waals surface area contributed by atoms with Gasteiger partial charge in [-0.15, -0.1) is 0 Å². The smallest absolute Gasteiger partial charge is 0.251 e. The van der Waals surface area contributed by atoms with Crippen LogP contribution in [0.4, 0.5) is 0 Å². The molecule has 0 fully saturated rings. The standard InChI is InChI=1S/C27H24N6O3/c34-25(31-16-19-4-1-7-28-13-19)22-10-23(26(35)32-17-20-5-2-8-29-14-20)12-24(11-22)27(36)33-18-21-6-3-9-30-15-21/h1-15H,16-18H2,(H,31,34)(H,32,35)(H,33,36)/p+2. The summed E-state index contributed by atoms with van der Waals surface area (Å²) < 4.78 is 0. The van der Waals surface area contributed by atoms with Crippen LogP contribution in [-0.2, 0) is 19.6 Å². The summed E-state index contributed by atoms with van der Waals surface area (Å²) in [4.78, 5) is 48.7. The quantitative estimate of drug-likeness (QED) is 0.334. The number of hydrogen-bond donors (Lipinski definition) is 3. The molecule has 0 aliphatic heterocycles. The molecule has 4 rings (SSSR count). The van der Waals surface area contributed by atoms with E-state index in [2.05, 4.69) is 30.9 Å². The lowest BCUT2D eigenvalue weighted by Gasteiger charge is -2.11. The van der Waals surface area contributed by atoms with E-state index in [-0.39, 0.29) is 23.2 Å². The second kappa shape index (κ2) is 12.0. The van der Waals surface area contributed by atoms with Crippen molar-refractivity contribution in [3.05, 3.63) is 125 Å². The monoisotopic (exact) mass is 482 g/mol. The number of aromatic nitrogens is 3. The minimum absolute atomic E-state index is 0.206. The van der Waals surface area contributed by atoms with Crippen LogP contribution in [0, 0.1) is 0 Å². The van der Waals surface area contributed by atoms with Gasteiger partial charge in [-0.05, 0) is 42.0 Å². The van der Waals surface area contributed by atoms with Gasteiger partial charge in [-0.1, -0.05) is 6.07 Å². The molecule has 0 saturated carbocycles. The zero-order valence-corrected chi connectivity index (χ0v) is 19.5. The first-order valence-corrected chi connectivity index (χ1v) is 11.4. The maximum Gasteiger partial charge on any atom is 0.251 e. The second-order valence-corrected chi connectivity index (χ2v) is 8.03. The summed E-state index contributed by atoms with van der Waals surface area (Å²) in [5, 5.41) is 8.47. The van der Waals surface area contributed by atoms with Crippen LogP contribution in [-0.4, -0.2) is 22.7 Å². The highest BCUT2D eigenvalue weighted by Crippen LogP contribution is 2.13. The predicted octanol–water partition coefficient (Wildman–Crippen LogP) is 1.50. The molecule has 0 saturated heterocycles. The Bertz CT molecular complexity index is 1150. The van der Waals surface area contributed by atoms with E-state index < -0.39 is 17.7 Å². The van der Waals surface area contributed by atoms with Crippen LogP contribution in [0.3, 0.4) is 0 Å². The Morgan fingerprint density at radius 1 is 0.639 bits per heavy atom. The zero-order chi connectivity index (χ0) is 25.2. The maximum atomic E-state index is 12.9. The summed E-state index contributed by atoms with van der Waals surface area (Å²) in [7, 11) is 0. The van der Waals surface area contributed by atoms with Crippen molar-refractivity contribution >= 4 is 17.7 Å². The van der Waals surface area contributed by atoms with Crippen molar-refractivity contribution in [3.63, 3.8) is 0 Å². The van der Waals surface area contributed by atoms with Crippen LogP contribution in [0.25, 0.3) is 0 Å². The Hall–Kier alpha value is -4.92. The van der Waals surface area contributed by atoms with Gasteiger partial charge in [-0.3, -0.25) is 19.4 Å². The van der Waals surface area contributed by atoms with Gasteiger partial charge in [0.05, 0.1) is 0 Å². The third-order valence-corrected chi connectivity index (χ3v) is 5.34. The number of amides is 3. The fourth-order valence-electron chi connectivity index (χ4n) is 3.46. The Balaban J connectivity index is 1.52. The van der Waals surface area contributed by atoms with E-state index in [1.54, 1.807) is 43.2 Å². The summed E-state index contributed by atoms with van der Waals surface area (Å²) in [6.07, 6.45) is 10.4. The fourth-order valence-corrected chi connectivity index (χ4v) is 3.46. The molecule has 1 aromatic carbocycles. The van der Waals surface area contributed by atoms with Gasteiger partial charge in [0.2, 0.25) is 0 Å². The molecule has 0 bridgehead atoms. The van der Waals surface area contributed by atoms with Crippen molar-refractivity contribution in [3.8, 4) is 0 Å². The number of rotatable bonds is 9. The molecule has 4 aromatic rings. The predicted molar refractivity (Wildman–Crippen MR) is 130 cm³/mol. The molecule has 3 heterocycles. The molecule has 9 heteroatoms. The highest BCUT2D eigenvalue weighted by molar-refractivity contribution is 6.04. The van der Waals surface area contributed by atoms with E-state index in [0.29, 0.717) is 13.1 Å². The van der Waals surface area contributed by atoms with Gasteiger partial charge < -0.3 is 16.0 Å². The molecule has 180 valence electrons. The molecule has 3 aromatic heterocycles. The average Bonchev–Trinajstić information content (AvgIpc) is 2.94. The van der Waals surface area contributed by atoms with Gasteiger partial charge in [0.15, 0.2) is 24.8 Å². The largest absolute Gasteiger partial charge is 0.348 e. The molecule has 0 aliphatic carbocycles. The third kappa shape index (κ3) is 6.80. The second-order valence-electron chi connectivity index (χ2n) is 8.03. The van der Waals surface area contributed by atoms with E-state index in [1.807, 2.05) is 30.3 Å². The van der Waals surface area contributed by atoms with Crippen molar-refractivity contribution in [2.75, 3.05) is 0 Å². The first-order valence-electron chi connectivity index (χ1n) is 11.4. The van der Waals surface area contributed by atoms with Crippen LogP contribution >= 0.6 is 0 Å². The summed E-state index contributed by atoms with van der Waals surface area (Å²) in [5.41, 5.74) is 3.22. The van der Waals surface area contributed by atoms with Gasteiger partial charge in [0.1, 0.15) is 0 Å². The molecule has 0 aliphatic rings. The minimum Gasteiger partial charge on any atom is -0.348 e. The first-order chi connectivity index (χ1) is 17.6. The number of aromatic amines is 2. The van der Waals surface area contributed by atoms with Crippen molar-refractivity contribution < 1.29 is 24.4 Å². The van der Waals surface area contributed by atoms with E-state index in [0.717, 1.165) is 16.7 Å². The van der Waals surface area contributed by atoms with Gasteiger partial charge in [-0.25, -0.2) is 9.97 Å². The number of nitrogens with zero attached hydrogens (tertiary/aromatic N) is 1. The number of benzene rings is 1. The molecule has 9 nitrogen and oxygen atoms in total. The molecular weight excluding hydrogens is 456 g/mol. The summed E-state index contributed by atoms with van der Waals surface area (Å²) >= 11 is 0. The highest BCUT2D eigenvalue weighted by Gasteiger charge is 2.17. The minimum atomic E-state index is -0.405. The number of pyridine rings is 3. The van der Waals surface area contributed by atoms with E-state index >= 15 is 0 Å². The molecular formula is C27H26N6O3+2. The maximum absolute atomic E-state index is 12.9. The first kappa shape index (κ1) is 24.2. The van der Waals surface area contributed by atoms with Crippen LogP contribution in [0.15, 0.2) is 91.8 Å². The Morgan fingerprint density at radius 2 is 1.08 bits per heavy atom. The SMILES string of the molecule is O=C(NCc1cccnc1)c1cc(C(=O)NCc2ccc[nH+]c2)cc(C(=O)NCc2ccc[nH+]c2)c1. The molecule has 0 spiro atoms. The van der Waals surface area contributed by atoms with Crippen molar-refractivity contribution in [1.82, 2.24) is 20.9 Å². The molecule has 0 unspecified atom stereocenters. The summed E-state index contributed by atoms with van der Waals surface area (Å²) in [6.45, 7) is 0.846. The van der Waals surface area contributed by atoms with Crippen molar-refractivity contribution in [1.29, 1.82) is 0 Å². The number of carbonyl (C=O) groups excluding carboxylic acids is 3. The number of hydrogen-bond acceptors (Lipinski definition) is 4. The molecule has 0 atom stereocenters. The van der Waals surface area contributed by atoms with Gasteiger partial charge in [0, 0.05) is 72.0 Å². The van der Waals surface area contributed by atoms with Crippen LogP contribution < -0.4 is 25.9 Å². The van der Waals surface area contributed by atoms with Gasteiger partial charge in [-0.2, -0.15) is 0 Å². The Kier molecular flexibility index (Phi) is 8.06. The van der Waals surface area contributed by atoms with E-state index in [9.17, 15) is 14.4 Å². The number of nitrogens with one attached hydrogen (secondary N) is 5. The number of H-pyrrole nitrogens is 2. The average molecular weight is 483 g/mol. The van der Waals surface area contributed by atoms with Crippen LogP contribution in [0.1, 0.15) is 47.8 Å². The normalized spacial score (nSPS) is 10.3. The fraction of sp³-hybridized carbons (Fsp3) is 0.111. The van der Waals surface area contributed by atoms with E-state index in [4.69, 9.17) is 0 Å². The lowest BCUT2D eigenvalue weighted by molar-refractivity contribution is -0.379. The Labute approximate surface area is 208 Å². The molecule has 36 heavy (non-hydrogen) atoms. The topological polar surface area (TPSA) is 128 Å².